The first kappa shape index (κ1) is 22.1. The van der Waals surface area contributed by atoms with Crippen molar-refractivity contribution in [1.82, 2.24) is 24.9 Å². The number of hydrogen-bond acceptors (Lipinski definition) is 3. The van der Waals surface area contributed by atoms with Gasteiger partial charge in [-0.2, -0.15) is 5.10 Å². The molecular weight excluding hydrogens is 499 g/mol. The summed E-state index contributed by atoms with van der Waals surface area (Å²) in [6.45, 7) is 7.85. The van der Waals surface area contributed by atoms with Crippen molar-refractivity contribution in [2.45, 2.75) is 25.9 Å². The first-order valence-electron chi connectivity index (χ1n) is 9.94. The van der Waals surface area contributed by atoms with Crippen molar-refractivity contribution < 1.29 is 0 Å². The number of hydrogen-bond donors (Lipinski definition) is 1. The molecule has 156 valence electrons. The molecule has 3 heterocycles. The van der Waals surface area contributed by atoms with E-state index in [1.807, 2.05) is 41.3 Å². The molecule has 0 aliphatic carbocycles. The summed E-state index contributed by atoms with van der Waals surface area (Å²) >= 11 is 5.97. The molecule has 1 aromatic carbocycles. The van der Waals surface area contributed by atoms with Gasteiger partial charge in [-0.15, -0.1) is 24.0 Å². The van der Waals surface area contributed by atoms with Crippen LogP contribution >= 0.6 is 35.6 Å². The van der Waals surface area contributed by atoms with Gasteiger partial charge in [-0.1, -0.05) is 23.8 Å². The average Bonchev–Trinajstić information content (AvgIpc) is 3.47. The van der Waals surface area contributed by atoms with Crippen LogP contribution < -0.4 is 5.32 Å². The Morgan fingerprint density at radius 3 is 2.72 bits per heavy atom. The molecule has 0 amide bonds. The molecule has 6 nitrogen and oxygen atoms in total. The highest BCUT2D eigenvalue weighted by molar-refractivity contribution is 14.0. The smallest absolute Gasteiger partial charge is 0.194 e. The van der Waals surface area contributed by atoms with Crippen LogP contribution in [0, 0.1) is 0 Å². The highest BCUT2D eigenvalue weighted by Crippen LogP contribution is 2.18. The van der Waals surface area contributed by atoms with Crippen LogP contribution in [0.1, 0.15) is 18.9 Å². The molecule has 2 aliphatic heterocycles. The van der Waals surface area contributed by atoms with Gasteiger partial charge in [0.25, 0.3) is 0 Å². The lowest BCUT2D eigenvalue weighted by atomic mass is 10.2. The van der Waals surface area contributed by atoms with Crippen LogP contribution in [0.15, 0.2) is 53.8 Å². The Kier molecular flexibility index (Phi) is 7.97. The number of likely N-dealkylation sites (tertiary alicyclic amines) is 1. The normalized spacial score (nSPS) is 19.6. The second-order valence-electron chi connectivity index (χ2n) is 7.25. The highest BCUT2D eigenvalue weighted by atomic mass is 127. The quantitative estimate of drug-likeness (QED) is 0.280. The SMILES string of the molecule is CCNC(=NCc1cnn(-c2ccc(Cl)cc2)c1)N1CCC(N2CC=CC2)C1.I. The van der Waals surface area contributed by atoms with E-state index in [0.717, 1.165) is 55.0 Å². The van der Waals surface area contributed by atoms with Crippen LogP contribution in [0.3, 0.4) is 0 Å². The Morgan fingerprint density at radius 2 is 2.00 bits per heavy atom. The van der Waals surface area contributed by atoms with Gasteiger partial charge in [-0.25, -0.2) is 9.67 Å². The first-order valence-corrected chi connectivity index (χ1v) is 10.3. The third-order valence-electron chi connectivity index (χ3n) is 5.30. The minimum Gasteiger partial charge on any atom is -0.357 e. The van der Waals surface area contributed by atoms with Gasteiger partial charge in [-0.05, 0) is 37.6 Å². The van der Waals surface area contributed by atoms with Gasteiger partial charge in [0, 0.05) is 55.5 Å². The number of halogens is 2. The fourth-order valence-corrected chi connectivity index (χ4v) is 3.92. The summed E-state index contributed by atoms with van der Waals surface area (Å²) in [5, 5.41) is 8.64. The lowest BCUT2D eigenvalue weighted by Gasteiger charge is -2.25. The maximum absolute atomic E-state index is 5.97. The summed E-state index contributed by atoms with van der Waals surface area (Å²) < 4.78 is 1.86. The van der Waals surface area contributed by atoms with E-state index in [9.17, 15) is 0 Å². The molecule has 29 heavy (non-hydrogen) atoms. The Hall–Kier alpha value is -1.58. The molecule has 1 atom stereocenters. The second kappa shape index (κ2) is 10.4. The summed E-state index contributed by atoms with van der Waals surface area (Å²) in [4.78, 5) is 9.80. The van der Waals surface area contributed by atoms with Crippen molar-refractivity contribution >= 4 is 41.5 Å². The van der Waals surface area contributed by atoms with Crippen molar-refractivity contribution in [3.63, 3.8) is 0 Å². The summed E-state index contributed by atoms with van der Waals surface area (Å²) in [5.41, 5.74) is 2.08. The topological polar surface area (TPSA) is 48.7 Å². The monoisotopic (exact) mass is 526 g/mol. The van der Waals surface area contributed by atoms with Gasteiger partial charge in [0.15, 0.2) is 5.96 Å². The minimum atomic E-state index is 0. The third kappa shape index (κ3) is 5.52. The van der Waals surface area contributed by atoms with E-state index in [1.54, 1.807) is 0 Å². The van der Waals surface area contributed by atoms with E-state index in [4.69, 9.17) is 16.6 Å². The van der Waals surface area contributed by atoms with Crippen LogP contribution in [-0.2, 0) is 6.54 Å². The minimum absolute atomic E-state index is 0. The number of guanidine groups is 1. The molecule has 1 N–H and O–H groups in total. The number of benzene rings is 1. The summed E-state index contributed by atoms with van der Waals surface area (Å²) in [6, 6.07) is 8.29. The molecule has 0 bridgehead atoms. The first-order chi connectivity index (χ1) is 13.7. The number of aromatic nitrogens is 2. The van der Waals surface area contributed by atoms with Gasteiger partial charge in [0.05, 0.1) is 18.4 Å². The maximum atomic E-state index is 5.97. The highest BCUT2D eigenvalue weighted by Gasteiger charge is 2.29. The van der Waals surface area contributed by atoms with Gasteiger partial charge >= 0.3 is 0 Å². The molecule has 1 unspecified atom stereocenters. The van der Waals surface area contributed by atoms with Gasteiger partial charge in [0.2, 0.25) is 0 Å². The van der Waals surface area contributed by atoms with Crippen LogP contribution in [0.4, 0.5) is 0 Å². The van der Waals surface area contributed by atoms with E-state index in [0.29, 0.717) is 12.6 Å². The fraction of sp³-hybridized carbons (Fsp3) is 0.429. The molecule has 8 heteroatoms. The zero-order valence-corrected chi connectivity index (χ0v) is 19.8. The van der Waals surface area contributed by atoms with E-state index in [-0.39, 0.29) is 24.0 Å². The molecule has 1 saturated heterocycles. The van der Waals surface area contributed by atoms with Crippen LogP contribution in [0.5, 0.6) is 0 Å². The van der Waals surface area contributed by atoms with E-state index < -0.39 is 0 Å². The number of aliphatic imine (C=N–C) groups is 1. The van der Waals surface area contributed by atoms with Crippen LogP contribution in [0.25, 0.3) is 5.69 Å². The Labute approximate surface area is 194 Å². The molecule has 0 saturated carbocycles. The second-order valence-corrected chi connectivity index (χ2v) is 7.69. The zero-order valence-electron chi connectivity index (χ0n) is 16.7. The lowest BCUT2D eigenvalue weighted by molar-refractivity contribution is 0.259. The Balaban J connectivity index is 0.00000240. The van der Waals surface area contributed by atoms with Crippen molar-refractivity contribution in [2.24, 2.45) is 4.99 Å². The molecule has 2 aromatic rings. The summed E-state index contributed by atoms with van der Waals surface area (Å²) in [7, 11) is 0. The average molecular weight is 527 g/mol. The molecule has 1 aromatic heterocycles. The summed E-state index contributed by atoms with van der Waals surface area (Å²) in [6.07, 6.45) is 9.63. The largest absolute Gasteiger partial charge is 0.357 e. The molecule has 2 aliphatic rings. The zero-order chi connectivity index (χ0) is 19.3. The fourth-order valence-electron chi connectivity index (χ4n) is 3.79. The molecule has 4 rings (SSSR count). The van der Waals surface area contributed by atoms with Gasteiger partial charge < -0.3 is 10.2 Å². The lowest BCUT2D eigenvalue weighted by Crippen LogP contribution is -2.42. The van der Waals surface area contributed by atoms with Crippen LogP contribution in [-0.4, -0.2) is 64.3 Å². The number of rotatable bonds is 5. The number of nitrogens with one attached hydrogen (secondary N) is 1. The molecular formula is C21H28ClIN6. The van der Waals surface area contributed by atoms with Gasteiger partial charge in [-0.3, -0.25) is 4.90 Å². The molecule has 0 spiro atoms. The molecule has 1 fully saturated rings. The number of nitrogens with zero attached hydrogens (tertiary/aromatic N) is 5. The van der Waals surface area contributed by atoms with Crippen molar-refractivity contribution in [2.75, 3.05) is 32.7 Å². The standard InChI is InChI=1S/C21H27ClN6.HI/c1-2-23-21(27-12-9-20(16-27)26-10-3-4-11-26)24-13-17-14-25-28(15-17)19-7-5-18(22)6-8-19;/h3-8,14-15,20H,2,9-13,16H2,1H3,(H,23,24);1H. The van der Waals surface area contributed by atoms with E-state index >= 15 is 0 Å². The van der Waals surface area contributed by atoms with E-state index in [2.05, 4.69) is 39.3 Å². The molecule has 0 radical (unpaired) electrons. The predicted molar refractivity (Wildman–Crippen MR) is 129 cm³/mol. The van der Waals surface area contributed by atoms with Gasteiger partial charge in [0.1, 0.15) is 0 Å². The maximum Gasteiger partial charge on any atom is 0.194 e. The van der Waals surface area contributed by atoms with Crippen LogP contribution in [0.2, 0.25) is 5.02 Å². The summed E-state index contributed by atoms with van der Waals surface area (Å²) in [5.74, 6) is 0.997. The Bertz CT molecular complexity index is 839. The third-order valence-corrected chi connectivity index (χ3v) is 5.55. The van der Waals surface area contributed by atoms with Crippen molar-refractivity contribution in [1.29, 1.82) is 0 Å². The Morgan fingerprint density at radius 1 is 1.24 bits per heavy atom. The predicted octanol–water partition coefficient (Wildman–Crippen LogP) is 3.56. The van der Waals surface area contributed by atoms with E-state index in [1.165, 1.54) is 6.42 Å². The van der Waals surface area contributed by atoms with Crippen molar-refractivity contribution in [3.05, 3.63) is 59.4 Å². The van der Waals surface area contributed by atoms with Crippen molar-refractivity contribution in [3.8, 4) is 5.69 Å².